The van der Waals surface area contributed by atoms with Crippen molar-refractivity contribution < 1.29 is 27.8 Å². The van der Waals surface area contributed by atoms with Crippen molar-refractivity contribution in [3.05, 3.63) is 23.8 Å². The summed E-state index contributed by atoms with van der Waals surface area (Å²) in [6.07, 6.45) is 1.20. The van der Waals surface area contributed by atoms with E-state index < -0.39 is 18.6 Å². The molecule has 1 fully saturated rings. The molecule has 1 aliphatic heterocycles. The Bertz CT molecular complexity index is 533. The summed E-state index contributed by atoms with van der Waals surface area (Å²) >= 11 is 0. The highest BCUT2D eigenvalue weighted by Gasteiger charge is 2.21. The van der Waals surface area contributed by atoms with E-state index in [0.717, 1.165) is 12.8 Å². The number of ether oxygens (including phenoxy) is 3. The topological polar surface area (TPSA) is 56.8 Å². The van der Waals surface area contributed by atoms with Crippen LogP contribution >= 0.6 is 0 Å². The van der Waals surface area contributed by atoms with Gasteiger partial charge in [-0.1, -0.05) is 12.1 Å². The highest BCUT2D eigenvalue weighted by molar-refractivity contribution is 5.96. The van der Waals surface area contributed by atoms with Gasteiger partial charge in [-0.2, -0.15) is 8.78 Å². The van der Waals surface area contributed by atoms with Crippen molar-refractivity contribution in [1.82, 2.24) is 0 Å². The molecule has 0 bridgehead atoms. The van der Waals surface area contributed by atoms with E-state index >= 15 is 0 Å². The van der Waals surface area contributed by atoms with Gasteiger partial charge in [0.15, 0.2) is 0 Å². The first kappa shape index (κ1) is 17.6. The van der Waals surface area contributed by atoms with Crippen LogP contribution in [0.1, 0.15) is 25.3 Å². The Balaban J connectivity index is 1.95. The number of anilines is 1. The quantitative estimate of drug-likeness (QED) is 0.835. The number of para-hydroxylation sites is 1. The van der Waals surface area contributed by atoms with Crippen LogP contribution in [-0.4, -0.2) is 37.9 Å². The highest BCUT2D eigenvalue weighted by atomic mass is 19.3. The van der Waals surface area contributed by atoms with Crippen molar-refractivity contribution in [3.63, 3.8) is 0 Å². The Morgan fingerprint density at radius 3 is 2.91 bits per heavy atom. The van der Waals surface area contributed by atoms with E-state index in [1.54, 1.807) is 26.0 Å². The first-order valence-corrected chi connectivity index (χ1v) is 7.56. The van der Waals surface area contributed by atoms with E-state index in [1.807, 2.05) is 0 Å². The van der Waals surface area contributed by atoms with E-state index in [1.165, 1.54) is 6.07 Å². The average molecular weight is 329 g/mol. The van der Waals surface area contributed by atoms with Crippen LogP contribution in [0.25, 0.3) is 0 Å². The summed E-state index contributed by atoms with van der Waals surface area (Å²) < 4.78 is 40.3. The number of carbonyl (C=O) groups is 1. The van der Waals surface area contributed by atoms with Crippen LogP contribution in [0.15, 0.2) is 18.2 Å². The third-order valence-electron chi connectivity index (χ3n) is 3.62. The normalized spacial score (nSPS) is 18.9. The molecule has 0 aliphatic carbocycles. The van der Waals surface area contributed by atoms with Gasteiger partial charge in [0.05, 0.1) is 18.4 Å². The van der Waals surface area contributed by atoms with E-state index in [-0.39, 0.29) is 17.5 Å². The molecular formula is C16H21F2NO4. The van der Waals surface area contributed by atoms with Gasteiger partial charge in [-0.25, -0.2) is 0 Å². The molecule has 1 aromatic carbocycles. The highest BCUT2D eigenvalue weighted by Crippen LogP contribution is 2.29. The van der Waals surface area contributed by atoms with Gasteiger partial charge in [0.2, 0.25) is 0 Å². The summed E-state index contributed by atoms with van der Waals surface area (Å²) in [4.78, 5) is 12.2. The van der Waals surface area contributed by atoms with E-state index in [2.05, 4.69) is 10.1 Å². The summed E-state index contributed by atoms with van der Waals surface area (Å²) in [5, 5.41) is 2.60. The number of carbonyl (C=O) groups excluding carboxylic acids is 1. The number of hydrogen-bond acceptors (Lipinski definition) is 4. The van der Waals surface area contributed by atoms with Gasteiger partial charge in [0.25, 0.3) is 5.91 Å². The molecule has 1 saturated heterocycles. The molecule has 1 amide bonds. The second-order valence-corrected chi connectivity index (χ2v) is 5.43. The smallest absolute Gasteiger partial charge is 0.387 e. The molecular weight excluding hydrogens is 308 g/mol. The Kier molecular flexibility index (Phi) is 6.29. The number of alkyl halides is 2. The van der Waals surface area contributed by atoms with Gasteiger partial charge < -0.3 is 19.5 Å². The SMILES string of the molecule is Cc1cccc(OC(F)F)c1NC(=O)[C@H](C)OC[C@@H]1CCCO1. The summed E-state index contributed by atoms with van der Waals surface area (Å²) in [5.74, 6) is -0.490. The molecule has 1 N–H and O–H groups in total. The molecule has 1 heterocycles. The molecule has 128 valence electrons. The lowest BCUT2D eigenvalue weighted by Gasteiger charge is -2.18. The molecule has 0 spiro atoms. The summed E-state index contributed by atoms with van der Waals surface area (Å²) in [6.45, 7) is 1.40. The van der Waals surface area contributed by atoms with Crippen molar-refractivity contribution in [2.45, 2.75) is 45.5 Å². The van der Waals surface area contributed by atoms with Crippen molar-refractivity contribution in [2.24, 2.45) is 0 Å². The van der Waals surface area contributed by atoms with Crippen LogP contribution in [-0.2, 0) is 14.3 Å². The van der Waals surface area contributed by atoms with Gasteiger partial charge in [-0.15, -0.1) is 0 Å². The zero-order valence-corrected chi connectivity index (χ0v) is 13.2. The lowest BCUT2D eigenvalue weighted by Crippen LogP contribution is -2.31. The number of benzene rings is 1. The zero-order valence-electron chi connectivity index (χ0n) is 13.2. The molecule has 0 radical (unpaired) electrons. The van der Waals surface area contributed by atoms with Crippen LogP contribution in [0.3, 0.4) is 0 Å². The van der Waals surface area contributed by atoms with Crippen molar-refractivity contribution >= 4 is 11.6 Å². The maximum Gasteiger partial charge on any atom is 0.387 e. The molecule has 0 saturated carbocycles. The largest absolute Gasteiger partial charge is 0.433 e. The van der Waals surface area contributed by atoms with Crippen molar-refractivity contribution in [2.75, 3.05) is 18.5 Å². The predicted molar refractivity (Wildman–Crippen MR) is 80.8 cm³/mol. The minimum Gasteiger partial charge on any atom is -0.433 e. The fraction of sp³-hybridized carbons (Fsp3) is 0.562. The summed E-state index contributed by atoms with van der Waals surface area (Å²) in [7, 11) is 0. The molecule has 2 rings (SSSR count). The minimum atomic E-state index is -2.96. The molecule has 2 atom stereocenters. The van der Waals surface area contributed by atoms with E-state index in [4.69, 9.17) is 9.47 Å². The van der Waals surface area contributed by atoms with Crippen molar-refractivity contribution in [1.29, 1.82) is 0 Å². The van der Waals surface area contributed by atoms with Gasteiger partial charge >= 0.3 is 6.61 Å². The predicted octanol–water partition coefficient (Wildman–Crippen LogP) is 3.12. The van der Waals surface area contributed by atoms with Crippen LogP contribution in [0.2, 0.25) is 0 Å². The van der Waals surface area contributed by atoms with Crippen LogP contribution in [0.5, 0.6) is 5.75 Å². The maximum absolute atomic E-state index is 12.4. The first-order valence-electron chi connectivity index (χ1n) is 7.56. The van der Waals surface area contributed by atoms with Crippen molar-refractivity contribution in [3.8, 4) is 5.75 Å². The molecule has 0 unspecified atom stereocenters. The maximum atomic E-state index is 12.4. The second kappa shape index (κ2) is 8.21. The third-order valence-corrected chi connectivity index (χ3v) is 3.62. The summed E-state index contributed by atoms with van der Waals surface area (Å²) in [6, 6.07) is 4.67. The molecule has 5 nitrogen and oxygen atoms in total. The monoisotopic (exact) mass is 329 g/mol. The Labute approximate surface area is 133 Å². The zero-order chi connectivity index (χ0) is 16.8. The number of nitrogens with one attached hydrogen (secondary N) is 1. The molecule has 1 aromatic rings. The van der Waals surface area contributed by atoms with E-state index in [9.17, 15) is 13.6 Å². The van der Waals surface area contributed by atoms with Gasteiger partial charge in [-0.05, 0) is 38.3 Å². The Hall–Kier alpha value is -1.73. The number of amides is 1. The minimum absolute atomic E-state index is 0.0152. The van der Waals surface area contributed by atoms with Crippen LogP contribution in [0.4, 0.5) is 14.5 Å². The standard InChI is InChI=1S/C16H21F2NO4/c1-10-5-3-7-13(23-16(17)18)14(10)19-15(20)11(2)22-9-12-6-4-8-21-12/h3,5,7,11-12,16H,4,6,8-9H2,1-2H3,(H,19,20)/t11-,12-/m0/s1. The number of halogens is 2. The third kappa shape index (κ3) is 5.14. The first-order chi connectivity index (χ1) is 11.0. The van der Waals surface area contributed by atoms with E-state index in [0.29, 0.717) is 18.8 Å². The molecule has 7 heteroatoms. The number of aryl methyl sites for hydroxylation is 1. The van der Waals surface area contributed by atoms with Gasteiger partial charge in [0, 0.05) is 6.61 Å². The second-order valence-electron chi connectivity index (χ2n) is 5.43. The number of hydrogen-bond donors (Lipinski definition) is 1. The average Bonchev–Trinajstić information content (AvgIpc) is 3.01. The Morgan fingerprint density at radius 2 is 2.26 bits per heavy atom. The van der Waals surface area contributed by atoms with Gasteiger partial charge in [-0.3, -0.25) is 4.79 Å². The van der Waals surface area contributed by atoms with Crippen LogP contribution < -0.4 is 10.1 Å². The molecule has 0 aromatic heterocycles. The lowest BCUT2D eigenvalue weighted by molar-refractivity contribution is -0.128. The molecule has 1 aliphatic rings. The fourth-order valence-corrected chi connectivity index (χ4v) is 2.32. The Morgan fingerprint density at radius 1 is 1.48 bits per heavy atom. The number of rotatable bonds is 7. The fourth-order valence-electron chi connectivity index (χ4n) is 2.32. The lowest BCUT2D eigenvalue weighted by atomic mass is 10.1. The van der Waals surface area contributed by atoms with Gasteiger partial charge in [0.1, 0.15) is 11.9 Å². The van der Waals surface area contributed by atoms with Crippen LogP contribution in [0, 0.1) is 6.92 Å². The summed E-state index contributed by atoms with van der Waals surface area (Å²) in [5.41, 5.74) is 0.855. The molecule has 23 heavy (non-hydrogen) atoms.